The molecule has 0 heterocycles. The van der Waals surface area contributed by atoms with Crippen LogP contribution in [-0.2, 0) is 0 Å². The summed E-state index contributed by atoms with van der Waals surface area (Å²) < 4.78 is 0. The second-order valence-electron chi connectivity index (χ2n) is 2.17. The van der Waals surface area contributed by atoms with Crippen molar-refractivity contribution in [2.75, 3.05) is 7.05 Å². The summed E-state index contributed by atoms with van der Waals surface area (Å²) in [4.78, 5) is 0. The van der Waals surface area contributed by atoms with Crippen LogP contribution in [-0.4, -0.2) is 12.8 Å². The van der Waals surface area contributed by atoms with Gasteiger partial charge in [0.2, 0.25) is 0 Å². The fraction of sp³-hybridized carbons (Fsp3) is 0.857. The lowest BCUT2D eigenvalue weighted by molar-refractivity contribution is 0.813. The van der Waals surface area contributed by atoms with Crippen LogP contribution in [0.2, 0.25) is 0 Å². The first-order chi connectivity index (χ1) is 4.31. The average molecular weight is 128 g/mol. The molecule has 0 radical (unpaired) electrons. The van der Waals surface area contributed by atoms with Gasteiger partial charge in [-0.2, -0.15) is 5.10 Å². The maximum atomic E-state index is 4.03. The Morgan fingerprint density at radius 3 is 2.67 bits per heavy atom. The maximum Gasteiger partial charge on any atom is 0.0347 e. The summed E-state index contributed by atoms with van der Waals surface area (Å²) in [6.07, 6.45) is 3.62. The molecule has 0 fully saturated rings. The summed E-state index contributed by atoms with van der Waals surface area (Å²) >= 11 is 0. The Labute approximate surface area is 57.3 Å². The van der Waals surface area contributed by atoms with Crippen LogP contribution in [0.25, 0.3) is 0 Å². The van der Waals surface area contributed by atoms with Crippen molar-refractivity contribution in [2.24, 2.45) is 5.10 Å². The molecule has 0 aliphatic heterocycles. The number of nitrogens with one attached hydrogen (secondary N) is 1. The Morgan fingerprint density at radius 1 is 1.56 bits per heavy atom. The Hall–Kier alpha value is -0.530. The molecule has 9 heavy (non-hydrogen) atoms. The summed E-state index contributed by atoms with van der Waals surface area (Å²) in [6.45, 7) is 4.23. The van der Waals surface area contributed by atoms with E-state index in [4.69, 9.17) is 0 Å². The van der Waals surface area contributed by atoms with Crippen molar-refractivity contribution < 1.29 is 0 Å². The highest BCUT2D eigenvalue weighted by Crippen LogP contribution is 1.94. The van der Waals surface area contributed by atoms with Crippen LogP contribution in [0.15, 0.2) is 5.10 Å². The number of nitrogens with zero attached hydrogens (tertiary/aromatic N) is 1. The minimum atomic E-state index is 1.12. The molecule has 0 atom stereocenters. The molecule has 0 saturated heterocycles. The predicted octanol–water partition coefficient (Wildman–Crippen LogP) is 1.77. The summed E-state index contributed by atoms with van der Waals surface area (Å²) in [7, 11) is 1.83. The highest BCUT2D eigenvalue weighted by Gasteiger charge is 1.87. The molecule has 0 spiro atoms. The largest absolute Gasteiger partial charge is 0.313 e. The van der Waals surface area contributed by atoms with Crippen molar-refractivity contribution in [2.45, 2.75) is 33.1 Å². The van der Waals surface area contributed by atoms with Gasteiger partial charge in [0.15, 0.2) is 0 Å². The zero-order valence-electron chi connectivity index (χ0n) is 6.57. The van der Waals surface area contributed by atoms with Crippen LogP contribution in [0.3, 0.4) is 0 Å². The maximum absolute atomic E-state index is 4.03. The van der Waals surface area contributed by atoms with E-state index >= 15 is 0 Å². The van der Waals surface area contributed by atoms with E-state index in [1.165, 1.54) is 18.6 Å². The molecule has 0 rings (SSSR count). The first kappa shape index (κ1) is 8.47. The van der Waals surface area contributed by atoms with Gasteiger partial charge in [-0.05, 0) is 19.8 Å². The Kier molecular flexibility index (Phi) is 5.27. The van der Waals surface area contributed by atoms with Crippen LogP contribution in [0.1, 0.15) is 33.1 Å². The molecular weight excluding hydrogens is 112 g/mol. The first-order valence-corrected chi connectivity index (χ1v) is 3.51. The van der Waals surface area contributed by atoms with Crippen molar-refractivity contribution in [3.8, 4) is 0 Å². The highest BCUT2D eigenvalue weighted by molar-refractivity contribution is 5.81. The molecule has 0 bridgehead atoms. The van der Waals surface area contributed by atoms with Crippen molar-refractivity contribution in [1.29, 1.82) is 0 Å². The Morgan fingerprint density at radius 2 is 2.22 bits per heavy atom. The molecule has 0 amide bonds. The van der Waals surface area contributed by atoms with E-state index in [0.29, 0.717) is 0 Å². The average Bonchev–Trinajstić information content (AvgIpc) is 1.85. The van der Waals surface area contributed by atoms with Crippen molar-refractivity contribution in [3.05, 3.63) is 0 Å². The lowest BCUT2D eigenvalue weighted by Crippen LogP contribution is -2.00. The van der Waals surface area contributed by atoms with Gasteiger partial charge in [0.05, 0.1) is 0 Å². The molecule has 0 aromatic rings. The molecule has 0 aromatic heterocycles. The van der Waals surface area contributed by atoms with Gasteiger partial charge in [-0.15, -0.1) is 0 Å². The zero-order valence-corrected chi connectivity index (χ0v) is 6.57. The van der Waals surface area contributed by atoms with Gasteiger partial charge in [-0.25, -0.2) is 0 Å². The summed E-state index contributed by atoms with van der Waals surface area (Å²) in [5.41, 5.74) is 3.96. The predicted molar refractivity (Wildman–Crippen MR) is 41.7 cm³/mol. The van der Waals surface area contributed by atoms with Crippen LogP contribution in [0.4, 0.5) is 0 Å². The molecule has 0 saturated carbocycles. The third-order valence-corrected chi connectivity index (χ3v) is 1.19. The minimum Gasteiger partial charge on any atom is -0.313 e. The zero-order chi connectivity index (χ0) is 7.11. The molecule has 1 N–H and O–H groups in total. The molecule has 2 heteroatoms. The SMILES string of the molecule is CCCC/C(C)=N/NC. The van der Waals surface area contributed by atoms with Crippen molar-refractivity contribution in [3.63, 3.8) is 0 Å². The Balaban J connectivity index is 3.25. The second-order valence-corrected chi connectivity index (χ2v) is 2.17. The smallest absolute Gasteiger partial charge is 0.0347 e. The van der Waals surface area contributed by atoms with E-state index in [1.807, 2.05) is 14.0 Å². The van der Waals surface area contributed by atoms with Crippen LogP contribution >= 0.6 is 0 Å². The first-order valence-electron chi connectivity index (χ1n) is 3.51. The van der Waals surface area contributed by atoms with Gasteiger partial charge in [-0.1, -0.05) is 13.3 Å². The lowest BCUT2D eigenvalue weighted by Gasteiger charge is -1.96. The van der Waals surface area contributed by atoms with E-state index in [1.54, 1.807) is 0 Å². The normalized spacial score (nSPS) is 11.7. The van der Waals surface area contributed by atoms with Gasteiger partial charge >= 0.3 is 0 Å². The molecule has 0 unspecified atom stereocenters. The van der Waals surface area contributed by atoms with Gasteiger partial charge in [0.1, 0.15) is 0 Å². The highest BCUT2D eigenvalue weighted by atomic mass is 15.3. The van der Waals surface area contributed by atoms with Gasteiger partial charge in [0.25, 0.3) is 0 Å². The quantitative estimate of drug-likeness (QED) is 0.453. The third-order valence-electron chi connectivity index (χ3n) is 1.19. The lowest BCUT2D eigenvalue weighted by atomic mass is 10.2. The molecule has 0 aliphatic carbocycles. The van der Waals surface area contributed by atoms with Crippen molar-refractivity contribution >= 4 is 5.71 Å². The number of rotatable bonds is 4. The van der Waals surface area contributed by atoms with Crippen LogP contribution in [0, 0.1) is 0 Å². The van der Waals surface area contributed by atoms with E-state index in [0.717, 1.165) is 6.42 Å². The number of unbranched alkanes of at least 4 members (excludes halogenated alkanes) is 1. The molecular formula is C7H16N2. The fourth-order valence-electron chi connectivity index (χ4n) is 0.679. The van der Waals surface area contributed by atoms with Crippen LogP contribution < -0.4 is 5.43 Å². The third kappa shape index (κ3) is 5.34. The number of hydrogen-bond acceptors (Lipinski definition) is 2. The molecule has 0 aliphatic rings. The molecule has 2 nitrogen and oxygen atoms in total. The minimum absolute atomic E-state index is 1.12. The molecule has 54 valence electrons. The summed E-state index contributed by atoms with van der Waals surface area (Å²) in [6, 6.07) is 0. The topological polar surface area (TPSA) is 24.4 Å². The van der Waals surface area contributed by atoms with Gasteiger partial charge in [0, 0.05) is 12.8 Å². The monoisotopic (exact) mass is 128 g/mol. The standard InChI is InChI=1S/C7H16N2/c1-4-5-6-7(2)9-8-3/h8H,4-6H2,1-3H3/b9-7+. The summed E-state index contributed by atoms with van der Waals surface area (Å²) in [5, 5.41) is 4.03. The summed E-state index contributed by atoms with van der Waals surface area (Å²) in [5.74, 6) is 0. The van der Waals surface area contributed by atoms with Crippen molar-refractivity contribution in [1.82, 2.24) is 5.43 Å². The number of hydrazone groups is 1. The van der Waals surface area contributed by atoms with Gasteiger partial charge < -0.3 is 5.43 Å². The van der Waals surface area contributed by atoms with E-state index in [2.05, 4.69) is 17.5 Å². The van der Waals surface area contributed by atoms with Gasteiger partial charge in [-0.3, -0.25) is 0 Å². The fourth-order valence-corrected chi connectivity index (χ4v) is 0.679. The number of hydrogen-bond donors (Lipinski definition) is 1. The van der Waals surface area contributed by atoms with E-state index in [9.17, 15) is 0 Å². The second kappa shape index (κ2) is 5.60. The molecule has 0 aromatic carbocycles. The van der Waals surface area contributed by atoms with E-state index in [-0.39, 0.29) is 0 Å². The van der Waals surface area contributed by atoms with Crippen LogP contribution in [0.5, 0.6) is 0 Å². The Bertz CT molecular complexity index is 86.9. The van der Waals surface area contributed by atoms with E-state index < -0.39 is 0 Å².